The molecule has 2 aromatic heterocycles. The number of nitrogens with zero attached hydrogens (tertiary/aromatic N) is 2. The molecule has 0 fully saturated rings. The Morgan fingerprint density at radius 2 is 2.15 bits per heavy atom. The van der Waals surface area contributed by atoms with Crippen molar-refractivity contribution in [3.8, 4) is 0 Å². The fraction of sp³-hybridized carbons (Fsp3) is 0.348. The number of rotatable bonds is 4. The van der Waals surface area contributed by atoms with Crippen LogP contribution in [0.1, 0.15) is 35.9 Å². The molecular formula is C23H21F3N2O3S3. The van der Waals surface area contributed by atoms with Crippen molar-refractivity contribution in [3.63, 3.8) is 0 Å². The van der Waals surface area contributed by atoms with Crippen LogP contribution in [0.4, 0.5) is 13.2 Å². The van der Waals surface area contributed by atoms with E-state index in [1.807, 2.05) is 6.92 Å². The summed E-state index contributed by atoms with van der Waals surface area (Å²) in [4.78, 5) is 31.0. The molecule has 0 saturated carbocycles. The molecule has 1 aromatic carbocycles. The van der Waals surface area contributed by atoms with Gasteiger partial charge in [-0.15, -0.1) is 22.7 Å². The molecule has 0 amide bonds. The fourth-order valence-corrected chi connectivity index (χ4v) is 7.10. The number of aryl methyl sites for hydroxylation is 1. The number of thioether (sulfide) groups is 1. The van der Waals surface area contributed by atoms with Gasteiger partial charge in [0.05, 0.1) is 12.7 Å². The van der Waals surface area contributed by atoms with E-state index in [0.29, 0.717) is 25.5 Å². The van der Waals surface area contributed by atoms with E-state index in [1.54, 1.807) is 17.7 Å². The highest BCUT2D eigenvalue weighted by Gasteiger charge is 2.32. The second kappa shape index (κ2) is 10.1. The molecule has 3 aromatic rings. The quantitative estimate of drug-likeness (QED) is 0.476. The molecule has 1 atom stereocenters. The van der Waals surface area contributed by atoms with Crippen LogP contribution in [0.25, 0.3) is 11.0 Å². The van der Waals surface area contributed by atoms with Gasteiger partial charge in [0, 0.05) is 27.5 Å². The van der Waals surface area contributed by atoms with Gasteiger partial charge >= 0.3 is 12.1 Å². The third kappa shape index (κ3) is 5.16. The topological polar surface area (TPSA) is 61.2 Å². The Bertz CT molecular complexity index is 1380. The maximum atomic E-state index is 13.5. The smallest absolute Gasteiger partial charge is 0.416 e. The Kier molecular flexibility index (Phi) is 7.34. The van der Waals surface area contributed by atoms with Crippen molar-refractivity contribution in [1.29, 1.82) is 0 Å². The molecule has 0 bridgehead atoms. The van der Waals surface area contributed by atoms with Gasteiger partial charge < -0.3 is 4.74 Å². The Balaban J connectivity index is 1.94. The van der Waals surface area contributed by atoms with Crippen LogP contribution in [0.3, 0.4) is 0 Å². The lowest BCUT2D eigenvalue weighted by atomic mass is 9.96. The first-order valence-electron chi connectivity index (χ1n) is 10.5. The van der Waals surface area contributed by atoms with Crippen molar-refractivity contribution in [2.24, 2.45) is 5.92 Å². The normalized spacial score (nSPS) is 18.5. The summed E-state index contributed by atoms with van der Waals surface area (Å²) >= 11 is 3.86. The Morgan fingerprint density at radius 1 is 1.35 bits per heavy atom. The van der Waals surface area contributed by atoms with E-state index in [4.69, 9.17) is 4.74 Å². The summed E-state index contributed by atoms with van der Waals surface area (Å²) in [7, 11) is 1.25. The zero-order valence-electron chi connectivity index (χ0n) is 18.3. The van der Waals surface area contributed by atoms with E-state index >= 15 is 0 Å². The van der Waals surface area contributed by atoms with Gasteiger partial charge in [0.25, 0.3) is 5.56 Å². The first kappa shape index (κ1) is 24.7. The van der Waals surface area contributed by atoms with E-state index in [9.17, 15) is 22.8 Å². The second-order valence-electron chi connectivity index (χ2n) is 7.68. The van der Waals surface area contributed by atoms with E-state index in [1.165, 1.54) is 58.2 Å². The average Bonchev–Trinajstić information content (AvgIpc) is 3.36. The second-order valence-corrected chi connectivity index (χ2v) is 10.7. The Morgan fingerprint density at radius 3 is 2.79 bits per heavy atom. The SMILES string of the molecule is CCC1CCc2ccc(C(F)(F)F)cc2SC1=c1sc(=Cc2nccs2)n(CC(=O)OC)c1=O. The molecule has 0 radical (unpaired) electrons. The third-order valence-corrected chi connectivity index (χ3v) is 8.94. The molecule has 0 saturated heterocycles. The minimum atomic E-state index is -4.45. The molecule has 180 valence electrons. The summed E-state index contributed by atoms with van der Waals surface area (Å²) in [5.41, 5.74) is -0.220. The van der Waals surface area contributed by atoms with Crippen LogP contribution in [0.2, 0.25) is 0 Å². The Hall–Kier alpha value is -2.37. The number of carbonyl (C=O) groups is 1. The molecule has 1 aliphatic rings. The molecule has 34 heavy (non-hydrogen) atoms. The van der Waals surface area contributed by atoms with Crippen LogP contribution in [-0.2, 0) is 28.7 Å². The Labute approximate surface area is 205 Å². The lowest BCUT2D eigenvalue weighted by Crippen LogP contribution is -2.35. The molecule has 5 nitrogen and oxygen atoms in total. The molecular weight excluding hydrogens is 505 g/mol. The number of benzene rings is 1. The van der Waals surface area contributed by atoms with Crippen molar-refractivity contribution >= 4 is 51.4 Å². The van der Waals surface area contributed by atoms with Crippen molar-refractivity contribution in [3.05, 3.63) is 65.5 Å². The maximum Gasteiger partial charge on any atom is 0.416 e. The van der Waals surface area contributed by atoms with Gasteiger partial charge in [-0.1, -0.05) is 24.8 Å². The van der Waals surface area contributed by atoms with Crippen LogP contribution >= 0.6 is 34.4 Å². The van der Waals surface area contributed by atoms with Gasteiger partial charge in [-0.25, -0.2) is 4.98 Å². The number of esters is 1. The van der Waals surface area contributed by atoms with Crippen LogP contribution in [0, 0.1) is 5.92 Å². The summed E-state index contributed by atoms with van der Waals surface area (Å²) in [5.74, 6) is -0.552. The van der Waals surface area contributed by atoms with E-state index in [-0.39, 0.29) is 18.0 Å². The first-order chi connectivity index (χ1) is 16.2. The molecule has 3 heterocycles. The zero-order chi connectivity index (χ0) is 24.5. The standard InChI is InChI=1S/C23H21F3N2O3S3/c1-3-13-4-5-14-6-7-15(23(24,25)26)10-16(14)33-20(13)21-22(30)28(12-19(29)31-2)18(34-21)11-17-27-8-9-32-17/h6-11,13H,3-5,12H2,1-2H3. The summed E-state index contributed by atoms with van der Waals surface area (Å²) in [6, 6.07) is 3.81. The number of aromatic nitrogens is 2. The van der Waals surface area contributed by atoms with Crippen LogP contribution in [0.5, 0.6) is 0 Å². The minimum Gasteiger partial charge on any atom is -0.468 e. The van der Waals surface area contributed by atoms with Gasteiger partial charge in [0.2, 0.25) is 0 Å². The number of carbonyl (C=O) groups excluding carboxylic acids is 1. The van der Waals surface area contributed by atoms with E-state index in [2.05, 4.69) is 4.98 Å². The van der Waals surface area contributed by atoms with Gasteiger partial charge in [0.15, 0.2) is 0 Å². The molecule has 11 heteroatoms. The number of hydrogen-bond donors (Lipinski definition) is 0. The number of thiazole rings is 2. The highest BCUT2D eigenvalue weighted by molar-refractivity contribution is 8.08. The van der Waals surface area contributed by atoms with Crippen molar-refractivity contribution in [1.82, 2.24) is 9.55 Å². The van der Waals surface area contributed by atoms with Gasteiger partial charge in [-0.3, -0.25) is 14.2 Å². The first-order valence-corrected chi connectivity index (χ1v) is 13.0. The lowest BCUT2D eigenvalue weighted by molar-refractivity contribution is -0.141. The predicted molar refractivity (Wildman–Crippen MR) is 128 cm³/mol. The maximum absolute atomic E-state index is 13.5. The monoisotopic (exact) mass is 526 g/mol. The largest absolute Gasteiger partial charge is 0.468 e. The summed E-state index contributed by atoms with van der Waals surface area (Å²) < 4.78 is 47.2. The molecule has 0 N–H and O–H groups in total. The minimum absolute atomic E-state index is 0.0115. The fourth-order valence-electron chi connectivity index (χ4n) is 3.76. The average molecular weight is 527 g/mol. The number of alkyl halides is 3. The van der Waals surface area contributed by atoms with E-state index in [0.717, 1.165) is 29.4 Å². The van der Waals surface area contributed by atoms with Gasteiger partial charge in [-0.2, -0.15) is 13.2 Å². The summed E-state index contributed by atoms with van der Waals surface area (Å²) in [5, 5.41) is 2.48. The van der Waals surface area contributed by atoms with Crippen LogP contribution < -0.4 is 14.8 Å². The lowest BCUT2D eigenvalue weighted by Gasteiger charge is -2.14. The number of halogens is 3. The van der Waals surface area contributed by atoms with Crippen molar-refractivity contribution < 1.29 is 22.7 Å². The summed E-state index contributed by atoms with van der Waals surface area (Å²) in [6.45, 7) is 1.75. The number of ether oxygens (including phenoxy) is 1. The van der Waals surface area contributed by atoms with Crippen LogP contribution in [-0.4, -0.2) is 22.6 Å². The van der Waals surface area contributed by atoms with E-state index < -0.39 is 17.7 Å². The molecule has 1 aliphatic heterocycles. The number of methoxy groups -OCH3 is 1. The molecule has 0 spiro atoms. The molecule has 4 rings (SSSR count). The predicted octanol–water partition coefficient (Wildman–Crippen LogP) is 4.26. The highest BCUT2D eigenvalue weighted by Crippen LogP contribution is 2.43. The zero-order valence-corrected chi connectivity index (χ0v) is 20.8. The number of fused-ring (bicyclic) bond motifs is 1. The van der Waals surface area contributed by atoms with Crippen molar-refractivity contribution in [2.75, 3.05) is 7.11 Å². The van der Waals surface area contributed by atoms with Crippen LogP contribution in [0.15, 0.2) is 39.5 Å². The number of hydrogen-bond acceptors (Lipinski definition) is 7. The third-order valence-electron chi connectivity index (χ3n) is 5.59. The van der Waals surface area contributed by atoms with Crippen molar-refractivity contribution in [2.45, 2.75) is 43.8 Å². The molecule has 0 aliphatic carbocycles. The summed E-state index contributed by atoms with van der Waals surface area (Å²) in [6.07, 6.45) is 1.02. The van der Waals surface area contributed by atoms with Gasteiger partial charge in [-0.05, 0) is 42.9 Å². The van der Waals surface area contributed by atoms with Gasteiger partial charge in [0.1, 0.15) is 20.7 Å². The highest BCUT2D eigenvalue weighted by atomic mass is 32.2. The molecule has 1 unspecified atom stereocenters.